The molecular weight excluding hydrogens is 222 g/mol. The maximum absolute atomic E-state index is 11.7. The van der Waals surface area contributed by atoms with Crippen molar-refractivity contribution < 1.29 is 4.79 Å². The molecule has 18 heavy (non-hydrogen) atoms. The van der Waals surface area contributed by atoms with Crippen molar-refractivity contribution in [1.29, 1.82) is 0 Å². The van der Waals surface area contributed by atoms with Crippen molar-refractivity contribution in [3.63, 3.8) is 0 Å². The van der Waals surface area contributed by atoms with Crippen molar-refractivity contribution in [2.24, 2.45) is 0 Å². The quantitative estimate of drug-likeness (QED) is 0.854. The number of benzene rings is 2. The van der Waals surface area contributed by atoms with Gasteiger partial charge in [-0.3, -0.25) is 4.79 Å². The highest BCUT2D eigenvalue weighted by atomic mass is 16.1. The summed E-state index contributed by atoms with van der Waals surface area (Å²) >= 11 is 0. The average Bonchev–Trinajstić information content (AvgIpc) is 2.40. The van der Waals surface area contributed by atoms with Crippen molar-refractivity contribution in [3.8, 4) is 0 Å². The highest BCUT2D eigenvalue weighted by Gasteiger charge is 2.23. The second-order valence-corrected chi connectivity index (χ2v) is 4.69. The Bertz CT molecular complexity index is 562. The van der Waals surface area contributed by atoms with Crippen molar-refractivity contribution >= 4 is 5.91 Å². The molecule has 0 bridgehead atoms. The van der Waals surface area contributed by atoms with Crippen molar-refractivity contribution in [2.45, 2.75) is 18.9 Å². The van der Waals surface area contributed by atoms with Crippen molar-refractivity contribution in [2.75, 3.05) is 0 Å². The number of fused-ring (bicyclic) bond motifs is 1. The van der Waals surface area contributed by atoms with Crippen LogP contribution >= 0.6 is 0 Å². The van der Waals surface area contributed by atoms with Gasteiger partial charge in [-0.15, -0.1) is 0 Å². The number of hydrogen-bond donors (Lipinski definition) is 1. The molecule has 1 N–H and O–H groups in total. The third-order valence-electron chi connectivity index (χ3n) is 3.40. The van der Waals surface area contributed by atoms with E-state index >= 15 is 0 Å². The zero-order chi connectivity index (χ0) is 12.4. The number of amides is 1. The van der Waals surface area contributed by atoms with E-state index in [1.165, 1.54) is 11.1 Å². The van der Waals surface area contributed by atoms with Gasteiger partial charge in [-0.1, -0.05) is 54.6 Å². The highest BCUT2D eigenvalue weighted by Crippen LogP contribution is 2.26. The molecule has 0 saturated heterocycles. The SMILES string of the molecule is O=C1Cc2ccccc2C(Cc2ccccc2)N1. The van der Waals surface area contributed by atoms with Crippen LogP contribution in [0.15, 0.2) is 54.6 Å². The van der Waals surface area contributed by atoms with Crippen LogP contribution in [0.3, 0.4) is 0 Å². The fraction of sp³-hybridized carbons (Fsp3) is 0.188. The second kappa shape index (κ2) is 4.65. The first-order valence-electron chi connectivity index (χ1n) is 6.24. The van der Waals surface area contributed by atoms with E-state index in [4.69, 9.17) is 0 Å². The lowest BCUT2D eigenvalue weighted by Gasteiger charge is -2.26. The molecule has 0 fully saturated rings. The molecule has 1 aliphatic heterocycles. The van der Waals surface area contributed by atoms with E-state index in [1.54, 1.807) is 0 Å². The summed E-state index contributed by atoms with van der Waals surface area (Å²) in [4.78, 5) is 11.7. The summed E-state index contributed by atoms with van der Waals surface area (Å²) in [6.45, 7) is 0. The topological polar surface area (TPSA) is 29.1 Å². The number of rotatable bonds is 2. The van der Waals surface area contributed by atoms with Crippen LogP contribution in [0.5, 0.6) is 0 Å². The van der Waals surface area contributed by atoms with Gasteiger partial charge in [-0.05, 0) is 23.1 Å². The minimum Gasteiger partial charge on any atom is -0.349 e. The Morgan fingerprint density at radius 2 is 1.72 bits per heavy atom. The number of carbonyl (C=O) groups excluding carboxylic acids is 1. The standard InChI is InChI=1S/C16H15NO/c18-16-11-13-8-4-5-9-14(13)15(17-16)10-12-6-2-1-3-7-12/h1-9,15H,10-11H2,(H,17,18). The van der Waals surface area contributed by atoms with E-state index < -0.39 is 0 Å². The lowest BCUT2D eigenvalue weighted by molar-refractivity contribution is -0.121. The minimum atomic E-state index is 0.102. The maximum atomic E-state index is 11.7. The van der Waals surface area contributed by atoms with Crippen LogP contribution in [0.4, 0.5) is 0 Å². The lowest BCUT2D eigenvalue weighted by Crippen LogP contribution is -2.36. The van der Waals surface area contributed by atoms with E-state index in [-0.39, 0.29) is 11.9 Å². The van der Waals surface area contributed by atoms with Crippen LogP contribution < -0.4 is 5.32 Å². The van der Waals surface area contributed by atoms with E-state index in [2.05, 4.69) is 23.5 Å². The molecule has 1 unspecified atom stereocenters. The fourth-order valence-corrected chi connectivity index (χ4v) is 2.54. The van der Waals surface area contributed by atoms with E-state index in [1.807, 2.05) is 36.4 Å². The summed E-state index contributed by atoms with van der Waals surface area (Å²) in [6, 6.07) is 18.6. The summed E-state index contributed by atoms with van der Waals surface area (Å²) in [5, 5.41) is 3.08. The second-order valence-electron chi connectivity index (χ2n) is 4.69. The van der Waals surface area contributed by atoms with Crippen LogP contribution in [-0.2, 0) is 17.6 Å². The third kappa shape index (κ3) is 2.14. The van der Waals surface area contributed by atoms with Gasteiger partial charge in [-0.2, -0.15) is 0 Å². The summed E-state index contributed by atoms with van der Waals surface area (Å²) in [7, 11) is 0. The zero-order valence-electron chi connectivity index (χ0n) is 10.1. The molecule has 2 aromatic rings. The predicted molar refractivity (Wildman–Crippen MR) is 71.2 cm³/mol. The number of nitrogens with one attached hydrogen (secondary N) is 1. The van der Waals surface area contributed by atoms with Gasteiger partial charge in [0.2, 0.25) is 5.91 Å². The number of carbonyl (C=O) groups is 1. The molecule has 2 aromatic carbocycles. The first kappa shape index (κ1) is 11.0. The molecule has 2 heteroatoms. The van der Waals surface area contributed by atoms with E-state index in [0.717, 1.165) is 12.0 Å². The molecule has 0 aliphatic carbocycles. The largest absolute Gasteiger partial charge is 0.349 e. The molecule has 1 atom stereocenters. The Morgan fingerprint density at radius 3 is 2.56 bits per heavy atom. The Balaban J connectivity index is 1.91. The molecule has 0 spiro atoms. The summed E-state index contributed by atoms with van der Waals surface area (Å²) in [5.41, 5.74) is 3.66. The summed E-state index contributed by atoms with van der Waals surface area (Å²) < 4.78 is 0. The first-order valence-corrected chi connectivity index (χ1v) is 6.24. The van der Waals surface area contributed by atoms with Gasteiger partial charge in [0.1, 0.15) is 0 Å². The monoisotopic (exact) mass is 237 g/mol. The molecule has 90 valence electrons. The molecular formula is C16H15NO. The van der Waals surface area contributed by atoms with Crippen LogP contribution in [0.2, 0.25) is 0 Å². The van der Waals surface area contributed by atoms with Gasteiger partial charge in [0.05, 0.1) is 12.5 Å². The third-order valence-corrected chi connectivity index (χ3v) is 3.40. The van der Waals surface area contributed by atoms with Gasteiger partial charge >= 0.3 is 0 Å². The normalized spacial score (nSPS) is 18.0. The Kier molecular flexibility index (Phi) is 2.85. The Labute approximate surface area is 107 Å². The van der Waals surface area contributed by atoms with Gasteiger partial charge in [0, 0.05) is 0 Å². The Morgan fingerprint density at radius 1 is 1.00 bits per heavy atom. The minimum absolute atomic E-state index is 0.102. The molecule has 3 rings (SSSR count). The molecule has 0 radical (unpaired) electrons. The van der Waals surface area contributed by atoms with E-state index in [9.17, 15) is 4.79 Å². The van der Waals surface area contributed by atoms with E-state index in [0.29, 0.717) is 6.42 Å². The summed E-state index contributed by atoms with van der Waals surface area (Å²) in [5.74, 6) is 0.120. The molecule has 0 saturated carbocycles. The van der Waals surface area contributed by atoms with Crippen LogP contribution in [-0.4, -0.2) is 5.91 Å². The molecule has 1 amide bonds. The smallest absolute Gasteiger partial charge is 0.224 e. The average molecular weight is 237 g/mol. The molecule has 2 nitrogen and oxygen atoms in total. The van der Waals surface area contributed by atoms with Gasteiger partial charge in [0.25, 0.3) is 0 Å². The lowest BCUT2D eigenvalue weighted by atomic mass is 9.90. The maximum Gasteiger partial charge on any atom is 0.224 e. The molecule has 1 aliphatic rings. The van der Waals surface area contributed by atoms with Crippen LogP contribution in [0.25, 0.3) is 0 Å². The van der Waals surface area contributed by atoms with Crippen molar-refractivity contribution in [1.82, 2.24) is 5.32 Å². The van der Waals surface area contributed by atoms with Gasteiger partial charge in [0.15, 0.2) is 0 Å². The number of hydrogen-bond acceptors (Lipinski definition) is 1. The predicted octanol–water partition coefficient (Wildman–Crippen LogP) is 2.64. The van der Waals surface area contributed by atoms with Gasteiger partial charge < -0.3 is 5.32 Å². The van der Waals surface area contributed by atoms with Crippen LogP contribution in [0, 0.1) is 0 Å². The fourth-order valence-electron chi connectivity index (χ4n) is 2.54. The zero-order valence-corrected chi connectivity index (χ0v) is 10.1. The highest BCUT2D eigenvalue weighted by molar-refractivity contribution is 5.81. The molecule has 0 aromatic heterocycles. The van der Waals surface area contributed by atoms with Crippen LogP contribution in [0.1, 0.15) is 22.7 Å². The first-order chi connectivity index (χ1) is 8.83. The summed E-state index contributed by atoms with van der Waals surface area (Å²) in [6.07, 6.45) is 1.35. The van der Waals surface area contributed by atoms with Gasteiger partial charge in [-0.25, -0.2) is 0 Å². The van der Waals surface area contributed by atoms with Crippen molar-refractivity contribution in [3.05, 3.63) is 71.3 Å². The molecule has 1 heterocycles. The Hall–Kier alpha value is -2.09.